The summed E-state index contributed by atoms with van der Waals surface area (Å²) in [5.41, 5.74) is 13.7. The summed E-state index contributed by atoms with van der Waals surface area (Å²) >= 11 is 1.28. The van der Waals surface area contributed by atoms with Gasteiger partial charge in [0.15, 0.2) is 5.75 Å². The molecule has 2 aromatic rings. The molecule has 250 valence electrons. The second-order valence-electron chi connectivity index (χ2n) is 13.1. The lowest BCUT2D eigenvalue weighted by Crippen LogP contribution is -2.51. The van der Waals surface area contributed by atoms with E-state index in [0.29, 0.717) is 32.9 Å². The van der Waals surface area contributed by atoms with Gasteiger partial charge in [0.1, 0.15) is 44.9 Å². The van der Waals surface area contributed by atoms with Crippen molar-refractivity contribution in [2.75, 3.05) is 25.5 Å². The number of allylic oxidation sites excluding steroid dienone is 1. The van der Waals surface area contributed by atoms with Gasteiger partial charge in [-0.05, 0) is 69.0 Å². The maximum atomic E-state index is 13.2. The number of benzene rings is 1. The Labute approximate surface area is 284 Å². The van der Waals surface area contributed by atoms with E-state index in [2.05, 4.69) is 45.0 Å². The number of hydrogen-bond acceptors (Lipinski definition) is 10. The van der Waals surface area contributed by atoms with Crippen LogP contribution in [-0.2, 0) is 9.59 Å². The Kier molecular flexibility index (Phi) is 12.1. The minimum absolute atomic E-state index is 0.0446. The number of thiazole rings is 1. The fraction of sp³-hybridized carbons (Fsp3) is 0.484. The first kappa shape index (κ1) is 35.9. The third-order valence-corrected chi connectivity index (χ3v) is 9.38. The van der Waals surface area contributed by atoms with Crippen molar-refractivity contribution in [2.45, 2.75) is 69.7 Å². The number of para-hydroxylation sites is 1. The SMILES string of the molecule is BC(B)(B)NC(=O)/C(N)=C(/C=C(\N)NC(=O)C1CC1)Nc1cccc(-c2ncc(C(=O)NC3CCC(N(CC)CC)CC3)s2)c1OC. The molecule has 0 radical (unpaired) electrons. The van der Waals surface area contributed by atoms with Crippen LogP contribution in [0.4, 0.5) is 5.69 Å². The largest absolute Gasteiger partial charge is 0.494 e. The molecule has 2 saturated carbocycles. The van der Waals surface area contributed by atoms with E-state index in [9.17, 15) is 14.4 Å². The maximum Gasteiger partial charge on any atom is 0.267 e. The Hall–Kier alpha value is -3.91. The summed E-state index contributed by atoms with van der Waals surface area (Å²) in [5, 5.41) is 12.0. The van der Waals surface area contributed by atoms with Crippen molar-refractivity contribution in [1.82, 2.24) is 25.8 Å². The lowest BCUT2D eigenvalue weighted by atomic mass is 9.49. The number of nitrogens with one attached hydrogen (secondary N) is 4. The highest BCUT2D eigenvalue weighted by molar-refractivity contribution is 7.17. The second-order valence-corrected chi connectivity index (χ2v) is 14.2. The predicted molar refractivity (Wildman–Crippen MR) is 195 cm³/mol. The molecule has 1 aromatic carbocycles. The molecular weight excluding hydrogens is 613 g/mol. The van der Waals surface area contributed by atoms with Crippen molar-refractivity contribution >= 4 is 58.3 Å². The van der Waals surface area contributed by atoms with E-state index in [1.54, 1.807) is 18.3 Å². The number of nitrogens with zero attached hydrogens (tertiary/aromatic N) is 2. The molecule has 2 aliphatic carbocycles. The number of ether oxygens (including phenoxy) is 1. The van der Waals surface area contributed by atoms with Crippen LogP contribution in [-0.4, -0.2) is 88.7 Å². The molecule has 47 heavy (non-hydrogen) atoms. The molecule has 0 aliphatic heterocycles. The normalized spacial score (nSPS) is 19.0. The van der Waals surface area contributed by atoms with E-state index >= 15 is 0 Å². The number of rotatable bonds is 14. The van der Waals surface area contributed by atoms with Gasteiger partial charge in [0.25, 0.3) is 11.8 Å². The molecule has 2 aliphatic rings. The zero-order chi connectivity index (χ0) is 34.3. The maximum absolute atomic E-state index is 13.2. The monoisotopic (exact) mass is 660 g/mol. The van der Waals surface area contributed by atoms with Crippen LogP contribution >= 0.6 is 11.3 Å². The minimum atomic E-state index is -0.542. The van der Waals surface area contributed by atoms with E-state index in [0.717, 1.165) is 51.6 Å². The first-order chi connectivity index (χ1) is 22.3. The molecule has 16 heteroatoms. The number of anilines is 1. The Morgan fingerprint density at radius 2 is 1.77 bits per heavy atom. The predicted octanol–water partition coefficient (Wildman–Crippen LogP) is -0.263. The molecule has 0 atom stereocenters. The molecule has 1 heterocycles. The summed E-state index contributed by atoms with van der Waals surface area (Å²) in [5.74, 6) is -0.401. The standard InChI is InChI=1S/C31H47B3N8O4S/c1-4-42(5-2)19-13-11-18(12-14-19)38-28(44)23-16-37-30(47-23)20-7-6-8-21(26(20)46-3)39-22(25(36)29(45)41-31(32,33)34)15-24(35)40-27(43)17-9-10-17/h6-8,15-19,39H,4-5,9-14,32-36H2,1-3H3,(H,38,44)(H,40,43)(H,41,45)/b24-15+,25-22+. The van der Waals surface area contributed by atoms with E-state index < -0.39 is 11.1 Å². The van der Waals surface area contributed by atoms with Gasteiger partial charge in [0, 0.05) is 24.1 Å². The van der Waals surface area contributed by atoms with Crippen molar-refractivity contribution < 1.29 is 19.1 Å². The number of nitrogens with two attached hydrogens (primary N) is 2. The zero-order valence-corrected chi connectivity index (χ0v) is 29.2. The van der Waals surface area contributed by atoms with Crippen molar-refractivity contribution in [1.29, 1.82) is 0 Å². The van der Waals surface area contributed by atoms with Crippen molar-refractivity contribution in [3.63, 3.8) is 0 Å². The van der Waals surface area contributed by atoms with Gasteiger partial charge >= 0.3 is 0 Å². The lowest BCUT2D eigenvalue weighted by molar-refractivity contribution is -0.121. The molecule has 0 saturated heterocycles. The van der Waals surface area contributed by atoms with E-state index in [4.69, 9.17) is 16.2 Å². The summed E-state index contributed by atoms with van der Waals surface area (Å²) in [6, 6.07) is 6.13. The van der Waals surface area contributed by atoms with Gasteiger partial charge in [-0.2, -0.15) is 0 Å². The van der Waals surface area contributed by atoms with Crippen LogP contribution in [0.15, 0.2) is 47.7 Å². The minimum Gasteiger partial charge on any atom is -0.494 e. The van der Waals surface area contributed by atoms with Gasteiger partial charge in [0.2, 0.25) is 5.91 Å². The third-order valence-electron chi connectivity index (χ3n) is 8.35. The number of carbonyl (C=O) groups excluding carboxylic acids is 3. The summed E-state index contributed by atoms with van der Waals surface area (Å²) in [7, 11) is 7.06. The number of hydrogen-bond donors (Lipinski definition) is 6. The first-order valence-corrected chi connectivity index (χ1v) is 17.2. The van der Waals surface area contributed by atoms with Crippen LogP contribution in [0.2, 0.25) is 0 Å². The smallest absolute Gasteiger partial charge is 0.267 e. The third kappa shape index (κ3) is 9.80. The van der Waals surface area contributed by atoms with Gasteiger partial charge in [-0.1, -0.05) is 19.9 Å². The highest BCUT2D eigenvalue weighted by Gasteiger charge is 2.30. The molecule has 4 rings (SSSR count). The molecule has 12 nitrogen and oxygen atoms in total. The highest BCUT2D eigenvalue weighted by atomic mass is 32.1. The second kappa shape index (κ2) is 15.8. The van der Waals surface area contributed by atoms with Gasteiger partial charge in [-0.3, -0.25) is 14.4 Å². The Morgan fingerprint density at radius 3 is 2.36 bits per heavy atom. The fourth-order valence-electron chi connectivity index (χ4n) is 5.75. The quantitative estimate of drug-likeness (QED) is 0.0906. The average molecular weight is 660 g/mol. The topological polar surface area (TPSA) is 177 Å². The lowest BCUT2D eigenvalue weighted by Gasteiger charge is -2.36. The summed E-state index contributed by atoms with van der Waals surface area (Å²) in [4.78, 5) is 46.2. The van der Waals surface area contributed by atoms with Crippen molar-refractivity contribution in [2.24, 2.45) is 17.4 Å². The van der Waals surface area contributed by atoms with Gasteiger partial charge in [-0.25, -0.2) is 4.98 Å². The molecule has 8 N–H and O–H groups in total. The van der Waals surface area contributed by atoms with Crippen LogP contribution in [0.1, 0.15) is 62.0 Å². The molecule has 1 aromatic heterocycles. The number of aromatic nitrogens is 1. The van der Waals surface area contributed by atoms with Crippen molar-refractivity contribution in [3.05, 3.63) is 52.6 Å². The molecular formula is C31H47B3N8O4S. The summed E-state index contributed by atoms with van der Waals surface area (Å²) in [6.45, 7) is 6.48. The van der Waals surface area contributed by atoms with Gasteiger partial charge in [0.05, 0.1) is 30.3 Å². The molecule has 2 fully saturated rings. The average Bonchev–Trinajstić information content (AvgIpc) is 3.77. The Balaban J connectivity index is 1.54. The number of methoxy groups -OCH3 is 1. The molecule has 0 bridgehead atoms. The molecule has 0 spiro atoms. The van der Waals surface area contributed by atoms with Gasteiger partial charge in [-0.15, -0.1) is 11.3 Å². The summed E-state index contributed by atoms with van der Waals surface area (Å²) in [6.07, 6.45) is 8.70. The zero-order valence-electron chi connectivity index (χ0n) is 28.4. The fourth-order valence-corrected chi connectivity index (χ4v) is 6.59. The van der Waals surface area contributed by atoms with Crippen molar-refractivity contribution in [3.8, 4) is 16.3 Å². The van der Waals surface area contributed by atoms with Crippen LogP contribution in [0.5, 0.6) is 5.75 Å². The van der Waals surface area contributed by atoms with Crippen LogP contribution < -0.4 is 37.5 Å². The Morgan fingerprint density at radius 1 is 1.09 bits per heavy atom. The van der Waals surface area contributed by atoms with Crippen LogP contribution in [0.3, 0.4) is 0 Å². The van der Waals surface area contributed by atoms with Crippen LogP contribution in [0.25, 0.3) is 10.6 Å². The first-order valence-electron chi connectivity index (χ1n) is 16.4. The highest BCUT2D eigenvalue weighted by Crippen LogP contribution is 2.39. The van der Waals surface area contributed by atoms with E-state index in [1.165, 1.54) is 24.5 Å². The molecule has 3 amide bonds. The van der Waals surface area contributed by atoms with Gasteiger partial charge < -0.3 is 42.4 Å². The van der Waals surface area contributed by atoms with Crippen LogP contribution in [0, 0.1) is 5.92 Å². The van der Waals surface area contributed by atoms with E-state index in [-0.39, 0.29) is 41.0 Å². The number of amides is 3. The van der Waals surface area contributed by atoms with E-state index in [1.807, 2.05) is 29.6 Å². The summed E-state index contributed by atoms with van der Waals surface area (Å²) < 4.78 is 5.81. The molecule has 0 unspecified atom stereocenters. The Bertz CT molecular complexity index is 1510. The number of carbonyl (C=O) groups is 3.